The van der Waals surface area contributed by atoms with Crippen LogP contribution in [-0.4, -0.2) is 16.3 Å². The van der Waals surface area contributed by atoms with E-state index in [4.69, 9.17) is 5.73 Å². The molecule has 3 nitrogen and oxygen atoms in total. The van der Waals surface area contributed by atoms with Gasteiger partial charge in [-0.1, -0.05) is 6.92 Å². The molecule has 0 saturated heterocycles. The van der Waals surface area contributed by atoms with Gasteiger partial charge in [-0.15, -0.1) is 0 Å². The first-order chi connectivity index (χ1) is 5.79. The number of aromatic nitrogens is 2. The Kier molecular flexibility index (Phi) is 3.22. The van der Waals surface area contributed by atoms with Crippen molar-refractivity contribution in [2.45, 2.75) is 26.1 Å². The number of hydrogen-bond acceptors (Lipinski definition) is 2. The van der Waals surface area contributed by atoms with Crippen molar-refractivity contribution in [3.63, 3.8) is 0 Å². The Labute approximate surface area is 71.4 Å². The fourth-order valence-electron chi connectivity index (χ4n) is 1.13. The van der Waals surface area contributed by atoms with Crippen molar-refractivity contribution in [1.29, 1.82) is 0 Å². The third kappa shape index (κ3) is 1.82. The van der Waals surface area contributed by atoms with Crippen molar-refractivity contribution in [3.05, 3.63) is 18.0 Å². The predicted octanol–water partition coefficient (Wildman–Crippen LogP) is 1.26. The van der Waals surface area contributed by atoms with Gasteiger partial charge in [0.25, 0.3) is 0 Å². The Bertz CT molecular complexity index is 234. The van der Waals surface area contributed by atoms with Crippen LogP contribution in [-0.2, 0) is 6.54 Å². The zero-order valence-electron chi connectivity index (χ0n) is 7.20. The summed E-state index contributed by atoms with van der Waals surface area (Å²) in [6.07, 6.45) is 1.47. The van der Waals surface area contributed by atoms with Crippen molar-refractivity contribution in [2.75, 3.05) is 6.54 Å². The van der Waals surface area contributed by atoms with E-state index in [1.807, 2.05) is 6.92 Å². The third-order valence-corrected chi connectivity index (χ3v) is 1.71. The number of rotatable bonds is 4. The SMILES string of the molecule is CCCn1nccc1C(F)CN. The molecule has 0 aliphatic rings. The molecular weight excluding hydrogens is 157 g/mol. The first-order valence-corrected chi connectivity index (χ1v) is 4.15. The predicted molar refractivity (Wildman–Crippen MR) is 45.4 cm³/mol. The molecule has 68 valence electrons. The summed E-state index contributed by atoms with van der Waals surface area (Å²) in [5.74, 6) is 0. The molecule has 0 bridgehead atoms. The molecule has 1 unspecified atom stereocenters. The Balaban J connectivity index is 2.76. The lowest BCUT2D eigenvalue weighted by Gasteiger charge is -2.08. The molecule has 12 heavy (non-hydrogen) atoms. The Morgan fingerprint density at radius 3 is 3.08 bits per heavy atom. The monoisotopic (exact) mass is 171 g/mol. The minimum Gasteiger partial charge on any atom is -0.327 e. The van der Waals surface area contributed by atoms with Crippen LogP contribution in [0.5, 0.6) is 0 Å². The zero-order chi connectivity index (χ0) is 8.97. The van der Waals surface area contributed by atoms with E-state index in [-0.39, 0.29) is 6.54 Å². The van der Waals surface area contributed by atoms with Gasteiger partial charge >= 0.3 is 0 Å². The molecule has 1 atom stereocenters. The lowest BCUT2D eigenvalue weighted by molar-refractivity contribution is 0.327. The highest BCUT2D eigenvalue weighted by atomic mass is 19.1. The van der Waals surface area contributed by atoms with Gasteiger partial charge in [-0.2, -0.15) is 5.10 Å². The molecule has 1 rings (SSSR count). The number of alkyl halides is 1. The summed E-state index contributed by atoms with van der Waals surface area (Å²) in [5, 5.41) is 4.00. The molecule has 0 spiro atoms. The van der Waals surface area contributed by atoms with Gasteiger partial charge in [-0.3, -0.25) is 4.68 Å². The van der Waals surface area contributed by atoms with Crippen LogP contribution in [0.3, 0.4) is 0 Å². The van der Waals surface area contributed by atoms with E-state index >= 15 is 0 Å². The van der Waals surface area contributed by atoms with E-state index in [1.165, 1.54) is 0 Å². The first-order valence-electron chi connectivity index (χ1n) is 4.15. The van der Waals surface area contributed by atoms with Gasteiger partial charge in [0, 0.05) is 19.3 Å². The fourth-order valence-corrected chi connectivity index (χ4v) is 1.13. The molecule has 0 amide bonds. The average molecular weight is 171 g/mol. The summed E-state index contributed by atoms with van der Waals surface area (Å²) >= 11 is 0. The maximum Gasteiger partial charge on any atom is 0.154 e. The topological polar surface area (TPSA) is 43.8 Å². The average Bonchev–Trinajstić information content (AvgIpc) is 2.52. The molecule has 1 aromatic rings. The number of nitrogens with two attached hydrogens (primary N) is 1. The van der Waals surface area contributed by atoms with E-state index in [0.29, 0.717) is 5.69 Å². The van der Waals surface area contributed by atoms with Gasteiger partial charge in [0.1, 0.15) is 0 Å². The van der Waals surface area contributed by atoms with Crippen molar-refractivity contribution in [3.8, 4) is 0 Å². The van der Waals surface area contributed by atoms with Gasteiger partial charge < -0.3 is 5.73 Å². The standard InChI is InChI=1S/C8H14FN3/c1-2-5-12-8(3-4-11-12)7(9)6-10/h3-4,7H,2,5-6,10H2,1H3. The Hall–Kier alpha value is -0.900. The molecule has 4 heteroatoms. The first kappa shape index (κ1) is 9.19. The third-order valence-electron chi connectivity index (χ3n) is 1.71. The van der Waals surface area contributed by atoms with Gasteiger partial charge in [0.15, 0.2) is 6.17 Å². The smallest absolute Gasteiger partial charge is 0.154 e. The van der Waals surface area contributed by atoms with E-state index < -0.39 is 6.17 Å². The highest BCUT2D eigenvalue weighted by molar-refractivity contribution is 5.04. The molecule has 0 aromatic carbocycles. The van der Waals surface area contributed by atoms with E-state index in [9.17, 15) is 4.39 Å². The van der Waals surface area contributed by atoms with Crippen LogP contribution < -0.4 is 5.73 Å². The summed E-state index contributed by atoms with van der Waals surface area (Å²) in [5.41, 5.74) is 5.79. The maximum absolute atomic E-state index is 13.1. The quantitative estimate of drug-likeness (QED) is 0.741. The van der Waals surface area contributed by atoms with Crippen molar-refractivity contribution >= 4 is 0 Å². The molecule has 1 aromatic heterocycles. The summed E-state index contributed by atoms with van der Waals surface area (Å²) in [6, 6.07) is 1.67. The van der Waals surface area contributed by atoms with Gasteiger partial charge in [-0.25, -0.2) is 4.39 Å². The second-order valence-corrected chi connectivity index (χ2v) is 2.68. The van der Waals surface area contributed by atoms with Crippen LogP contribution >= 0.6 is 0 Å². The van der Waals surface area contributed by atoms with Crippen LogP contribution in [0.4, 0.5) is 4.39 Å². The molecule has 2 N–H and O–H groups in total. The lowest BCUT2D eigenvalue weighted by atomic mass is 10.3. The Morgan fingerprint density at radius 2 is 2.50 bits per heavy atom. The molecule has 0 fully saturated rings. The summed E-state index contributed by atoms with van der Waals surface area (Å²) in [4.78, 5) is 0. The summed E-state index contributed by atoms with van der Waals surface area (Å²) in [7, 11) is 0. The fraction of sp³-hybridized carbons (Fsp3) is 0.625. The van der Waals surface area contributed by atoms with Crippen molar-refractivity contribution < 1.29 is 4.39 Å². The Morgan fingerprint density at radius 1 is 1.75 bits per heavy atom. The summed E-state index contributed by atoms with van der Waals surface area (Å²) in [6.45, 7) is 2.80. The van der Waals surface area contributed by atoms with Crippen LogP contribution in [0.1, 0.15) is 25.2 Å². The minimum atomic E-state index is -1.08. The van der Waals surface area contributed by atoms with Crippen LogP contribution in [0.15, 0.2) is 12.3 Å². The zero-order valence-corrected chi connectivity index (χ0v) is 7.20. The number of aryl methyl sites for hydroxylation is 1. The van der Waals surface area contributed by atoms with Crippen molar-refractivity contribution in [1.82, 2.24) is 9.78 Å². The van der Waals surface area contributed by atoms with Crippen LogP contribution in [0, 0.1) is 0 Å². The van der Waals surface area contributed by atoms with E-state index in [2.05, 4.69) is 5.10 Å². The number of hydrogen-bond donors (Lipinski definition) is 1. The second-order valence-electron chi connectivity index (χ2n) is 2.68. The number of halogens is 1. The molecule has 0 saturated carbocycles. The van der Waals surface area contributed by atoms with Crippen LogP contribution in [0.2, 0.25) is 0 Å². The normalized spacial score (nSPS) is 13.2. The molecular formula is C8H14FN3. The largest absolute Gasteiger partial charge is 0.327 e. The lowest BCUT2D eigenvalue weighted by Crippen LogP contribution is -2.13. The molecule has 0 aliphatic carbocycles. The second kappa shape index (κ2) is 4.21. The molecule has 0 aliphatic heterocycles. The summed E-state index contributed by atoms with van der Waals surface area (Å²) < 4.78 is 14.8. The highest BCUT2D eigenvalue weighted by Gasteiger charge is 2.11. The van der Waals surface area contributed by atoms with Gasteiger partial charge in [0.2, 0.25) is 0 Å². The van der Waals surface area contributed by atoms with Gasteiger partial charge in [0.05, 0.1) is 5.69 Å². The minimum absolute atomic E-state index is 0.0232. The maximum atomic E-state index is 13.1. The number of nitrogens with zero attached hydrogens (tertiary/aromatic N) is 2. The molecule has 0 radical (unpaired) electrons. The van der Waals surface area contributed by atoms with E-state index in [1.54, 1.807) is 16.9 Å². The van der Waals surface area contributed by atoms with Gasteiger partial charge in [-0.05, 0) is 12.5 Å². The molecule has 1 heterocycles. The van der Waals surface area contributed by atoms with E-state index in [0.717, 1.165) is 13.0 Å². The van der Waals surface area contributed by atoms with Crippen molar-refractivity contribution in [2.24, 2.45) is 5.73 Å². The highest BCUT2D eigenvalue weighted by Crippen LogP contribution is 2.15. The van der Waals surface area contributed by atoms with Crippen LogP contribution in [0.25, 0.3) is 0 Å².